The van der Waals surface area contributed by atoms with Crippen LogP contribution in [-0.4, -0.2) is 39.5 Å². The van der Waals surface area contributed by atoms with Gasteiger partial charge in [0.15, 0.2) is 0 Å². The number of rotatable bonds is 7. The molecule has 0 saturated carbocycles. The summed E-state index contributed by atoms with van der Waals surface area (Å²) in [6.07, 6.45) is 4.73. The molecular formula is C25H30N4O2. The second-order valence-corrected chi connectivity index (χ2v) is 8.45. The van der Waals surface area contributed by atoms with Gasteiger partial charge < -0.3 is 5.32 Å². The first-order valence-corrected chi connectivity index (χ1v) is 11.1. The van der Waals surface area contributed by atoms with Gasteiger partial charge in [-0.15, -0.1) is 0 Å². The lowest BCUT2D eigenvalue weighted by Crippen LogP contribution is -2.47. The lowest BCUT2D eigenvalue weighted by molar-refractivity contribution is -0.122. The fourth-order valence-electron chi connectivity index (χ4n) is 4.37. The van der Waals surface area contributed by atoms with Crippen molar-refractivity contribution < 1.29 is 4.79 Å². The Bertz CT molecular complexity index is 1090. The molecule has 1 aliphatic rings. The van der Waals surface area contributed by atoms with Gasteiger partial charge in [-0.25, -0.2) is 4.98 Å². The summed E-state index contributed by atoms with van der Waals surface area (Å²) in [5.74, 6) is 0.0594. The van der Waals surface area contributed by atoms with Gasteiger partial charge in [-0.3, -0.25) is 19.1 Å². The highest BCUT2D eigenvalue weighted by atomic mass is 16.1. The van der Waals surface area contributed by atoms with Crippen LogP contribution in [0.3, 0.4) is 0 Å². The Morgan fingerprint density at radius 3 is 2.84 bits per heavy atom. The third-order valence-electron chi connectivity index (χ3n) is 5.98. The number of para-hydroxylation sites is 1. The van der Waals surface area contributed by atoms with E-state index in [1.165, 1.54) is 5.56 Å². The van der Waals surface area contributed by atoms with Crippen LogP contribution in [0.4, 0.5) is 0 Å². The van der Waals surface area contributed by atoms with Crippen LogP contribution in [0, 0.1) is 6.92 Å². The van der Waals surface area contributed by atoms with E-state index >= 15 is 0 Å². The molecule has 0 bridgehead atoms. The maximum absolute atomic E-state index is 12.7. The van der Waals surface area contributed by atoms with Crippen molar-refractivity contribution in [3.05, 3.63) is 76.3 Å². The fourth-order valence-corrected chi connectivity index (χ4v) is 4.37. The predicted octanol–water partition coefficient (Wildman–Crippen LogP) is 3.27. The highest BCUT2D eigenvalue weighted by Gasteiger charge is 2.21. The van der Waals surface area contributed by atoms with Crippen LogP contribution in [0.1, 0.15) is 36.8 Å². The molecule has 6 heteroatoms. The van der Waals surface area contributed by atoms with Gasteiger partial charge in [0.1, 0.15) is 0 Å². The zero-order valence-electron chi connectivity index (χ0n) is 18.1. The third-order valence-corrected chi connectivity index (χ3v) is 5.98. The Labute approximate surface area is 182 Å². The molecule has 0 aliphatic carbocycles. The van der Waals surface area contributed by atoms with Gasteiger partial charge >= 0.3 is 0 Å². The van der Waals surface area contributed by atoms with Gasteiger partial charge in [-0.05, 0) is 49.9 Å². The summed E-state index contributed by atoms with van der Waals surface area (Å²) in [5, 5.41) is 3.82. The van der Waals surface area contributed by atoms with Crippen molar-refractivity contribution in [2.45, 2.75) is 51.7 Å². The van der Waals surface area contributed by atoms with E-state index in [9.17, 15) is 9.59 Å². The first kappa shape index (κ1) is 21.2. The molecule has 1 saturated heterocycles. The van der Waals surface area contributed by atoms with E-state index < -0.39 is 0 Å². The summed E-state index contributed by atoms with van der Waals surface area (Å²) in [5.41, 5.74) is 3.01. The Balaban J connectivity index is 1.26. The van der Waals surface area contributed by atoms with Crippen LogP contribution in [0.2, 0.25) is 0 Å². The summed E-state index contributed by atoms with van der Waals surface area (Å²) < 4.78 is 1.61. The number of hydrogen-bond donors (Lipinski definition) is 1. The Morgan fingerprint density at radius 1 is 1.16 bits per heavy atom. The van der Waals surface area contributed by atoms with Gasteiger partial charge in [0.05, 0.1) is 17.2 Å². The van der Waals surface area contributed by atoms with Crippen molar-refractivity contribution in [2.75, 3.05) is 13.1 Å². The summed E-state index contributed by atoms with van der Waals surface area (Å²) >= 11 is 0. The van der Waals surface area contributed by atoms with Crippen LogP contribution in [0.25, 0.3) is 10.9 Å². The SMILES string of the molecule is Cc1cccc2c(=O)n(CCCC(=O)N[C@@H]3CCCN(Cc4ccccc4)C3)cnc12. The van der Waals surface area contributed by atoms with Crippen molar-refractivity contribution in [3.63, 3.8) is 0 Å². The molecule has 1 amide bonds. The van der Waals surface area contributed by atoms with Crippen LogP contribution in [0.5, 0.6) is 0 Å². The maximum Gasteiger partial charge on any atom is 0.261 e. The lowest BCUT2D eigenvalue weighted by atomic mass is 10.0. The van der Waals surface area contributed by atoms with Crippen molar-refractivity contribution in [1.82, 2.24) is 19.8 Å². The van der Waals surface area contributed by atoms with Gasteiger partial charge in [0, 0.05) is 32.1 Å². The Morgan fingerprint density at radius 2 is 2.00 bits per heavy atom. The quantitative estimate of drug-likeness (QED) is 0.640. The molecule has 2 aromatic carbocycles. The molecule has 1 aromatic heterocycles. The molecule has 4 rings (SSSR count). The minimum Gasteiger partial charge on any atom is -0.352 e. The molecule has 6 nitrogen and oxygen atoms in total. The van der Waals surface area contributed by atoms with Crippen LogP contribution in [-0.2, 0) is 17.9 Å². The third kappa shape index (κ3) is 5.39. The fraction of sp³-hybridized carbons (Fsp3) is 0.400. The summed E-state index contributed by atoms with van der Waals surface area (Å²) in [6.45, 7) is 5.32. The molecule has 0 spiro atoms. The zero-order valence-corrected chi connectivity index (χ0v) is 18.1. The van der Waals surface area contributed by atoms with Gasteiger partial charge in [0.25, 0.3) is 5.56 Å². The van der Waals surface area contributed by atoms with E-state index in [4.69, 9.17) is 0 Å². The van der Waals surface area contributed by atoms with E-state index in [1.807, 2.05) is 31.2 Å². The lowest BCUT2D eigenvalue weighted by Gasteiger charge is -2.33. The van der Waals surface area contributed by atoms with Gasteiger partial charge in [0.2, 0.25) is 5.91 Å². The van der Waals surface area contributed by atoms with Crippen molar-refractivity contribution in [2.24, 2.45) is 0 Å². The van der Waals surface area contributed by atoms with Crippen molar-refractivity contribution >= 4 is 16.8 Å². The Hall–Kier alpha value is -2.99. The molecule has 162 valence electrons. The average molecular weight is 419 g/mol. The standard InChI is InChI=1S/C25H30N4O2/c1-19-8-5-12-22-24(19)26-18-29(25(22)31)15-7-13-23(30)27-21-11-6-14-28(17-21)16-20-9-3-2-4-10-20/h2-5,8-10,12,18,21H,6-7,11,13-17H2,1H3,(H,27,30)/t21-/m1/s1. The molecule has 31 heavy (non-hydrogen) atoms. The van der Waals surface area contributed by atoms with Crippen LogP contribution >= 0.6 is 0 Å². The predicted molar refractivity (Wildman–Crippen MR) is 123 cm³/mol. The number of amides is 1. The number of aryl methyl sites for hydroxylation is 2. The van der Waals surface area contributed by atoms with E-state index in [1.54, 1.807) is 10.9 Å². The van der Waals surface area contributed by atoms with E-state index in [0.29, 0.717) is 24.8 Å². The van der Waals surface area contributed by atoms with Crippen molar-refractivity contribution in [1.29, 1.82) is 0 Å². The normalized spacial score (nSPS) is 17.0. The monoisotopic (exact) mass is 418 g/mol. The number of nitrogens with zero attached hydrogens (tertiary/aromatic N) is 3. The molecule has 1 aliphatic heterocycles. The summed E-state index contributed by atoms with van der Waals surface area (Å²) in [7, 11) is 0. The van der Waals surface area contributed by atoms with E-state index in [0.717, 1.165) is 43.6 Å². The average Bonchev–Trinajstić information content (AvgIpc) is 2.77. The zero-order chi connectivity index (χ0) is 21.6. The first-order chi connectivity index (χ1) is 15.1. The molecule has 0 radical (unpaired) electrons. The molecule has 1 atom stereocenters. The molecule has 3 aromatic rings. The van der Waals surface area contributed by atoms with Gasteiger partial charge in [-0.2, -0.15) is 0 Å². The summed E-state index contributed by atoms with van der Waals surface area (Å²) in [4.78, 5) is 32.0. The number of benzene rings is 2. The first-order valence-electron chi connectivity index (χ1n) is 11.1. The number of carbonyl (C=O) groups is 1. The topological polar surface area (TPSA) is 67.2 Å². The number of likely N-dealkylation sites (tertiary alicyclic amines) is 1. The smallest absolute Gasteiger partial charge is 0.261 e. The number of hydrogen-bond acceptors (Lipinski definition) is 4. The molecule has 1 N–H and O–H groups in total. The second-order valence-electron chi connectivity index (χ2n) is 8.45. The number of nitrogens with one attached hydrogen (secondary N) is 1. The highest BCUT2D eigenvalue weighted by Crippen LogP contribution is 2.14. The van der Waals surface area contributed by atoms with Crippen molar-refractivity contribution in [3.8, 4) is 0 Å². The number of aromatic nitrogens is 2. The molecule has 2 heterocycles. The number of carbonyl (C=O) groups excluding carboxylic acids is 1. The van der Waals surface area contributed by atoms with Crippen LogP contribution in [0.15, 0.2) is 59.7 Å². The van der Waals surface area contributed by atoms with Gasteiger partial charge in [-0.1, -0.05) is 42.5 Å². The highest BCUT2D eigenvalue weighted by molar-refractivity contribution is 5.80. The van der Waals surface area contributed by atoms with Crippen LogP contribution < -0.4 is 10.9 Å². The largest absolute Gasteiger partial charge is 0.352 e. The second kappa shape index (κ2) is 9.88. The maximum atomic E-state index is 12.7. The summed E-state index contributed by atoms with van der Waals surface area (Å²) in [6, 6.07) is 16.3. The molecule has 0 unspecified atom stereocenters. The molecule has 1 fully saturated rings. The molecular weight excluding hydrogens is 388 g/mol. The van der Waals surface area contributed by atoms with E-state index in [-0.39, 0.29) is 17.5 Å². The minimum atomic E-state index is -0.0436. The van der Waals surface area contributed by atoms with E-state index in [2.05, 4.69) is 39.5 Å². The Kier molecular flexibility index (Phi) is 6.77. The minimum absolute atomic E-state index is 0.0436. The number of fused-ring (bicyclic) bond motifs is 1. The number of piperidine rings is 1.